The highest BCUT2D eigenvalue weighted by Crippen LogP contribution is 2.38. The molecule has 1 aliphatic heterocycles. The second kappa shape index (κ2) is 5.08. The average Bonchev–Trinajstić information content (AvgIpc) is 2.62. The Kier molecular flexibility index (Phi) is 4.38. The minimum atomic E-state index is -1.74. The Bertz CT molecular complexity index is 286. The highest BCUT2D eigenvalue weighted by molar-refractivity contribution is 6.74. The molecule has 0 radical (unpaired) electrons. The van der Waals surface area contributed by atoms with Gasteiger partial charge in [-0.3, -0.25) is 4.79 Å². The molecule has 5 heteroatoms. The summed E-state index contributed by atoms with van der Waals surface area (Å²) in [6.45, 7) is 11.9. The lowest BCUT2D eigenvalue weighted by Gasteiger charge is -2.38. The van der Waals surface area contributed by atoms with Gasteiger partial charge in [-0.05, 0) is 24.6 Å². The number of esters is 1. The van der Waals surface area contributed by atoms with E-state index in [1.54, 1.807) is 0 Å². The van der Waals surface area contributed by atoms with Gasteiger partial charge in [0, 0.05) is 6.54 Å². The van der Waals surface area contributed by atoms with Crippen LogP contribution in [0.25, 0.3) is 0 Å². The highest BCUT2D eigenvalue weighted by Gasteiger charge is 2.41. The Hall–Kier alpha value is -0.393. The van der Waals surface area contributed by atoms with Gasteiger partial charge in [0.2, 0.25) is 0 Å². The molecule has 1 N–H and O–H groups in total. The molecule has 1 saturated heterocycles. The van der Waals surface area contributed by atoms with Gasteiger partial charge in [0.05, 0.1) is 13.2 Å². The molecule has 1 fully saturated rings. The summed E-state index contributed by atoms with van der Waals surface area (Å²) in [6.07, 6.45) is 0.860. The summed E-state index contributed by atoms with van der Waals surface area (Å²) in [5.74, 6) is -0.189. The Labute approximate surface area is 105 Å². The molecule has 1 aliphatic rings. The largest absolute Gasteiger partial charge is 0.468 e. The van der Waals surface area contributed by atoms with E-state index in [1.165, 1.54) is 7.11 Å². The maximum atomic E-state index is 11.4. The van der Waals surface area contributed by atoms with Crippen LogP contribution in [0.3, 0.4) is 0 Å². The van der Waals surface area contributed by atoms with E-state index in [4.69, 9.17) is 9.16 Å². The van der Waals surface area contributed by atoms with Crippen LogP contribution in [0.1, 0.15) is 27.2 Å². The van der Waals surface area contributed by atoms with Gasteiger partial charge in [-0.2, -0.15) is 0 Å². The first-order chi connectivity index (χ1) is 7.67. The molecule has 2 atom stereocenters. The van der Waals surface area contributed by atoms with Crippen molar-refractivity contribution < 1.29 is 14.0 Å². The lowest BCUT2D eigenvalue weighted by molar-refractivity contribution is -0.142. The standard InChI is InChI=1S/C12H25NO3Si/c1-12(2,3)17(5,6)16-9-7-10(13-8-9)11(14)15-4/h9-10,13H,7-8H2,1-6H3/t9?,10-/m1/s1. The van der Waals surface area contributed by atoms with E-state index in [1.807, 2.05) is 0 Å². The van der Waals surface area contributed by atoms with Crippen molar-refractivity contribution in [3.05, 3.63) is 0 Å². The van der Waals surface area contributed by atoms with E-state index in [0.717, 1.165) is 13.0 Å². The number of nitrogens with one attached hydrogen (secondary N) is 1. The van der Waals surface area contributed by atoms with Crippen LogP contribution in [-0.2, 0) is 14.0 Å². The summed E-state index contributed by atoms with van der Waals surface area (Å²) in [7, 11) is -0.314. The third-order valence-corrected chi connectivity index (χ3v) is 8.38. The van der Waals surface area contributed by atoms with Gasteiger partial charge in [0.1, 0.15) is 6.04 Å². The van der Waals surface area contributed by atoms with E-state index in [9.17, 15) is 4.79 Å². The normalized spacial score (nSPS) is 26.0. The first-order valence-corrected chi connectivity index (χ1v) is 9.07. The topological polar surface area (TPSA) is 47.6 Å². The molecular formula is C12H25NO3Si. The molecule has 0 spiro atoms. The number of ether oxygens (including phenoxy) is 1. The Morgan fingerprint density at radius 3 is 2.41 bits per heavy atom. The molecule has 100 valence electrons. The summed E-state index contributed by atoms with van der Waals surface area (Å²) in [5.41, 5.74) is 0. The molecule has 0 aromatic carbocycles. The SMILES string of the molecule is COC(=O)[C@H]1CC(O[Si](C)(C)C(C)(C)C)CN1. The van der Waals surface area contributed by atoms with Crippen molar-refractivity contribution in [3.8, 4) is 0 Å². The van der Waals surface area contributed by atoms with E-state index in [0.29, 0.717) is 0 Å². The molecule has 1 heterocycles. The van der Waals surface area contributed by atoms with Crippen LogP contribution in [0.4, 0.5) is 0 Å². The predicted molar refractivity (Wildman–Crippen MR) is 70.5 cm³/mol. The van der Waals surface area contributed by atoms with Crippen LogP contribution < -0.4 is 5.32 Å². The minimum absolute atomic E-state index is 0.139. The van der Waals surface area contributed by atoms with Crippen molar-refractivity contribution >= 4 is 14.3 Å². The molecule has 0 aromatic heterocycles. The van der Waals surface area contributed by atoms with E-state index in [-0.39, 0.29) is 23.2 Å². The molecular weight excluding hydrogens is 234 g/mol. The van der Waals surface area contributed by atoms with Crippen molar-refractivity contribution in [1.82, 2.24) is 5.32 Å². The van der Waals surface area contributed by atoms with Gasteiger partial charge < -0.3 is 14.5 Å². The number of hydrogen-bond donors (Lipinski definition) is 1. The van der Waals surface area contributed by atoms with Crippen LogP contribution in [0.15, 0.2) is 0 Å². The van der Waals surface area contributed by atoms with Gasteiger partial charge in [0.25, 0.3) is 0 Å². The summed E-state index contributed by atoms with van der Waals surface area (Å²) in [6, 6.07) is -0.199. The van der Waals surface area contributed by atoms with E-state index >= 15 is 0 Å². The van der Waals surface area contributed by atoms with Gasteiger partial charge in [0.15, 0.2) is 8.32 Å². The number of rotatable bonds is 3. The van der Waals surface area contributed by atoms with Gasteiger partial charge in [-0.25, -0.2) is 0 Å². The van der Waals surface area contributed by atoms with Crippen molar-refractivity contribution in [1.29, 1.82) is 0 Å². The Morgan fingerprint density at radius 1 is 1.35 bits per heavy atom. The zero-order valence-electron chi connectivity index (χ0n) is 11.8. The van der Waals surface area contributed by atoms with Crippen molar-refractivity contribution in [2.75, 3.05) is 13.7 Å². The Morgan fingerprint density at radius 2 is 1.94 bits per heavy atom. The number of hydrogen-bond acceptors (Lipinski definition) is 4. The number of carbonyl (C=O) groups is 1. The molecule has 0 saturated carbocycles. The fourth-order valence-electron chi connectivity index (χ4n) is 1.71. The third-order valence-electron chi connectivity index (χ3n) is 3.84. The lowest BCUT2D eigenvalue weighted by Crippen LogP contribution is -2.44. The van der Waals surface area contributed by atoms with Crippen LogP contribution in [0.2, 0.25) is 18.1 Å². The molecule has 4 nitrogen and oxygen atoms in total. The van der Waals surface area contributed by atoms with Gasteiger partial charge >= 0.3 is 5.97 Å². The first-order valence-electron chi connectivity index (χ1n) is 6.16. The van der Waals surface area contributed by atoms with Gasteiger partial charge in [-0.15, -0.1) is 0 Å². The zero-order valence-corrected chi connectivity index (χ0v) is 12.8. The fourth-order valence-corrected chi connectivity index (χ4v) is 3.07. The molecule has 0 aliphatic carbocycles. The summed E-state index contributed by atoms with van der Waals surface area (Å²) < 4.78 is 11.0. The summed E-state index contributed by atoms with van der Waals surface area (Å²) >= 11 is 0. The maximum Gasteiger partial charge on any atom is 0.322 e. The highest BCUT2D eigenvalue weighted by atomic mass is 28.4. The maximum absolute atomic E-state index is 11.4. The first kappa shape index (κ1) is 14.7. The molecule has 17 heavy (non-hydrogen) atoms. The summed E-state index contributed by atoms with van der Waals surface area (Å²) in [5, 5.41) is 3.36. The quantitative estimate of drug-likeness (QED) is 0.621. The molecule has 1 unspecified atom stereocenters. The van der Waals surface area contributed by atoms with Crippen molar-refractivity contribution in [3.63, 3.8) is 0 Å². The third kappa shape index (κ3) is 3.53. The molecule has 1 rings (SSSR count). The van der Waals surface area contributed by atoms with Crippen molar-refractivity contribution in [2.45, 2.75) is 57.5 Å². The Balaban J connectivity index is 2.53. The van der Waals surface area contributed by atoms with Crippen LogP contribution in [0, 0.1) is 0 Å². The fraction of sp³-hybridized carbons (Fsp3) is 0.917. The second-order valence-corrected chi connectivity index (χ2v) is 11.0. The molecule has 0 amide bonds. The molecule has 0 aromatic rings. The second-order valence-electron chi connectivity index (χ2n) is 6.22. The van der Waals surface area contributed by atoms with Crippen LogP contribution in [-0.4, -0.2) is 40.1 Å². The smallest absolute Gasteiger partial charge is 0.322 e. The van der Waals surface area contributed by atoms with E-state index < -0.39 is 8.32 Å². The lowest BCUT2D eigenvalue weighted by atomic mass is 10.2. The van der Waals surface area contributed by atoms with Gasteiger partial charge in [-0.1, -0.05) is 20.8 Å². The zero-order chi connectivity index (χ0) is 13.3. The number of carbonyl (C=O) groups excluding carboxylic acids is 1. The summed E-state index contributed by atoms with van der Waals surface area (Å²) in [4.78, 5) is 11.4. The van der Waals surface area contributed by atoms with E-state index in [2.05, 4.69) is 39.2 Å². The van der Waals surface area contributed by atoms with Crippen LogP contribution >= 0.6 is 0 Å². The monoisotopic (exact) mass is 259 g/mol. The van der Waals surface area contributed by atoms with Crippen molar-refractivity contribution in [2.24, 2.45) is 0 Å². The minimum Gasteiger partial charge on any atom is -0.468 e. The average molecular weight is 259 g/mol. The predicted octanol–water partition coefficient (Wildman–Crippen LogP) is 1.91. The molecule has 0 bridgehead atoms. The number of methoxy groups -OCH3 is 1. The van der Waals surface area contributed by atoms with Crippen LogP contribution in [0.5, 0.6) is 0 Å².